The Labute approximate surface area is 95.2 Å². The molecule has 0 atom stereocenters. The Kier molecular flexibility index (Phi) is 3.51. The predicted molar refractivity (Wildman–Crippen MR) is 59.5 cm³/mol. The van der Waals surface area contributed by atoms with Crippen LogP contribution in [0.4, 0.5) is 0 Å². The average Bonchev–Trinajstić information content (AvgIpc) is 2.24. The number of aryl methyl sites for hydroxylation is 1. The molecule has 0 bridgehead atoms. The van der Waals surface area contributed by atoms with Crippen LogP contribution in [-0.4, -0.2) is 14.8 Å². The van der Waals surface area contributed by atoms with Crippen molar-refractivity contribution in [1.82, 2.24) is 14.8 Å². The normalized spacial score (nSPS) is 12.1. The highest BCUT2D eigenvalue weighted by atomic mass is 79.9. The fourth-order valence-electron chi connectivity index (χ4n) is 0.881. The second-order valence-corrected chi connectivity index (χ2v) is 5.60. The Balaban J connectivity index is 2.59. The molecule has 0 fully saturated rings. The summed E-state index contributed by atoms with van der Waals surface area (Å²) < 4.78 is 3.27. The molecule has 0 radical (unpaired) electrons. The molecule has 0 saturated carbocycles. The maximum Gasteiger partial charge on any atom is 0.218 e. The van der Waals surface area contributed by atoms with Gasteiger partial charge in [0.1, 0.15) is 0 Å². The summed E-state index contributed by atoms with van der Waals surface area (Å²) in [6.45, 7) is 7.54. The molecule has 0 aromatic carbocycles. The van der Waals surface area contributed by atoms with Crippen LogP contribution in [0.15, 0.2) is 9.47 Å². The van der Waals surface area contributed by atoms with Crippen molar-refractivity contribution in [2.75, 3.05) is 0 Å². The van der Waals surface area contributed by atoms with Crippen LogP contribution in [0, 0.1) is 5.41 Å². The molecule has 1 aromatic rings. The molecule has 0 aliphatic heterocycles. The van der Waals surface area contributed by atoms with Gasteiger partial charge in [-0.2, -0.15) is 4.98 Å². The zero-order valence-electron chi connectivity index (χ0n) is 8.01. The maximum absolute atomic E-state index is 4.19. The number of hydrogen-bond donors (Lipinski definition) is 0. The van der Waals surface area contributed by atoms with E-state index in [1.54, 1.807) is 0 Å². The lowest BCUT2D eigenvalue weighted by atomic mass is 9.92. The van der Waals surface area contributed by atoms with Gasteiger partial charge in [0.05, 0.1) is 0 Å². The van der Waals surface area contributed by atoms with Crippen molar-refractivity contribution in [3.63, 3.8) is 0 Å². The lowest BCUT2D eigenvalue weighted by Crippen LogP contribution is -2.11. The van der Waals surface area contributed by atoms with E-state index in [0.717, 1.165) is 17.7 Å². The molecule has 3 nitrogen and oxygen atoms in total. The monoisotopic (exact) mass is 309 g/mol. The average molecular weight is 311 g/mol. The van der Waals surface area contributed by atoms with Gasteiger partial charge < -0.3 is 0 Å². The van der Waals surface area contributed by atoms with Gasteiger partial charge in [-0.15, -0.1) is 5.10 Å². The van der Waals surface area contributed by atoms with Crippen LogP contribution in [0.1, 0.15) is 27.2 Å². The third-order valence-corrected chi connectivity index (χ3v) is 2.60. The molecule has 0 spiro atoms. The van der Waals surface area contributed by atoms with Crippen molar-refractivity contribution >= 4 is 31.9 Å². The summed E-state index contributed by atoms with van der Waals surface area (Å²) in [7, 11) is 0. The van der Waals surface area contributed by atoms with Gasteiger partial charge in [0.2, 0.25) is 4.73 Å². The van der Waals surface area contributed by atoms with Gasteiger partial charge in [-0.1, -0.05) is 20.8 Å². The molecule has 1 rings (SSSR count). The molecule has 0 amide bonds. The van der Waals surface area contributed by atoms with Gasteiger partial charge in [0.15, 0.2) is 4.73 Å². The first-order valence-corrected chi connectivity index (χ1v) is 5.73. The number of rotatable bonds is 2. The highest BCUT2D eigenvalue weighted by Crippen LogP contribution is 2.20. The molecule has 0 unspecified atom stereocenters. The van der Waals surface area contributed by atoms with Crippen LogP contribution in [0.2, 0.25) is 0 Å². The first-order valence-electron chi connectivity index (χ1n) is 4.14. The van der Waals surface area contributed by atoms with Gasteiger partial charge in [0, 0.05) is 6.54 Å². The zero-order valence-corrected chi connectivity index (χ0v) is 11.2. The largest absolute Gasteiger partial charge is 0.239 e. The van der Waals surface area contributed by atoms with Gasteiger partial charge in [-0.05, 0) is 43.7 Å². The number of hydrogen-bond acceptors (Lipinski definition) is 2. The minimum absolute atomic E-state index is 0.331. The molecule has 0 aliphatic carbocycles. The van der Waals surface area contributed by atoms with E-state index in [1.165, 1.54) is 0 Å². The molecule has 1 aromatic heterocycles. The fourth-order valence-corrected chi connectivity index (χ4v) is 1.90. The molecule has 0 N–H and O–H groups in total. The second kappa shape index (κ2) is 4.09. The van der Waals surface area contributed by atoms with E-state index in [4.69, 9.17) is 0 Å². The van der Waals surface area contributed by atoms with Gasteiger partial charge in [0.25, 0.3) is 0 Å². The highest BCUT2D eigenvalue weighted by molar-refractivity contribution is 9.11. The smallest absolute Gasteiger partial charge is 0.218 e. The van der Waals surface area contributed by atoms with Crippen molar-refractivity contribution in [1.29, 1.82) is 0 Å². The van der Waals surface area contributed by atoms with Crippen LogP contribution in [0.3, 0.4) is 0 Å². The van der Waals surface area contributed by atoms with Crippen molar-refractivity contribution in [2.45, 2.75) is 33.7 Å². The molecule has 13 heavy (non-hydrogen) atoms. The molecule has 0 saturated heterocycles. The minimum Gasteiger partial charge on any atom is -0.239 e. The van der Waals surface area contributed by atoms with E-state index in [9.17, 15) is 0 Å². The Morgan fingerprint density at radius 2 is 1.92 bits per heavy atom. The molecule has 0 aliphatic rings. The summed E-state index contributed by atoms with van der Waals surface area (Å²) in [6.07, 6.45) is 1.08. The van der Waals surface area contributed by atoms with E-state index in [2.05, 4.69) is 62.7 Å². The van der Waals surface area contributed by atoms with Crippen LogP contribution < -0.4 is 0 Å². The van der Waals surface area contributed by atoms with E-state index in [1.807, 2.05) is 4.68 Å². The second-order valence-electron chi connectivity index (χ2n) is 4.18. The fraction of sp³-hybridized carbons (Fsp3) is 0.750. The molecule has 5 heteroatoms. The standard InChI is InChI=1S/C8H13Br2N3/c1-8(2,3)4-5-13-7(10)11-6(9)12-13/h4-5H2,1-3H3. The number of aromatic nitrogens is 3. The summed E-state index contributed by atoms with van der Waals surface area (Å²) in [5.41, 5.74) is 0.331. The van der Waals surface area contributed by atoms with Gasteiger partial charge in [-0.25, -0.2) is 4.68 Å². The summed E-state index contributed by atoms with van der Waals surface area (Å²) >= 11 is 6.57. The van der Waals surface area contributed by atoms with Crippen LogP contribution in [0.5, 0.6) is 0 Å². The van der Waals surface area contributed by atoms with Crippen molar-refractivity contribution < 1.29 is 0 Å². The van der Waals surface area contributed by atoms with Crippen molar-refractivity contribution in [3.8, 4) is 0 Å². The first-order chi connectivity index (χ1) is 5.88. The Hall–Kier alpha value is 0.1000. The molecule has 1 heterocycles. The Bertz CT molecular complexity index is 288. The van der Waals surface area contributed by atoms with E-state index in [-0.39, 0.29) is 0 Å². The van der Waals surface area contributed by atoms with E-state index >= 15 is 0 Å². The van der Waals surface area contributed by atoms with Gasteiger partial charge in [-0.3, -0.25) is 0 Å². The molecule has 74 valence electrons. The van der Waals surface area contributed by atoms with Crippen molar-refractivity contribution in [2.24, 2.45) is 5.41 Å². The van der Waals surface area contributed by atoms with Crippen LogP contribution >= 0.6 is 31.9 Å². The summed E-state index contributed by atoms with van der Waals surface area (Å²) in [6, 6.07) is 0. The summed E-state index contributed by atoms with van der Waals surface area (Å²) in [5.74, 6) is 0. The summed E-state index contributed by atoms with van der Waals surface area (Å²) in [5, 5.41) is 4.19. The first kappa shape index (κ1) is 11.2. The van der Waals surface area contributed by atoms with Gasteiger partial charge >= 0.3 is 0 Å². The predicted octanol–water partition coefficient (Wildman–Crippen LogP) is 3.24. The number of halogens is 2. The SMILES string of the molecule is CC(C)(C)CCn1nc(Br)nc1Br. The van der Waals surface area contributed by atoms with Crippen LogP contribution in [0.25, 0.3) is 0 Å². The third kappa shape index (κ3) is 3.77. The molecular weight excluding hydrogens is 298 g/mol. The lowest BCUT2D eigenvalue weighted by Gasteiger charge is -2.17. The third-order valence-electron chi connectivity index (χ3n) is 1.67. The quantitative estimate of drug-likeness (QED) is 0.839. The van der Waals surface area contributed by atoms with E-state index in [0.29, 0.717) is 10.1 Å². The Morgan fingerprint density at radius 3 is 2.31 bits per heavy atom. The topological polar surface area (TPSA) is 30.7 Å². The minimum atomic E-state index is 0.331. The van der Waals surface area contributed by atoms with Crippen LogP contribution in [-0.2, 0) is 6.54 Å². The Morgan fingerprint density at radius 1 is 1.31 bits per heavy atom. The van der Waals surface area contributed by atoms with E-state index < -0.39 is 0 Å². The summed E-state index contributed by atoms with van der Waals surface area (Å²) in [4.78, 5) is 4.10. The highest BCUT2D eigenvalue weighted by Gasteiger charge is 2.12. The maximum atomic E-state index is 4.19. The van der Waals surface area contributed by atoms with Crippen molar-refractivity contribution in [3.05, 3.63) is 9.47 Å². The number of nitrogens with zero attached hydrogens (tertiary/aromatic N) is 3. The lowest BCUT2D eigenvalue weighted by molar-refractivity contribution is 0.338. The zero-order chi connectivity index (χ0) is 10.1. The molecular formula is C8H13Br2N3.